The van der Waals surface area contributed by atoms with E-state index in [0.29, 0.717) is 0 Å². The van der Waals surface area contributed by atoms with Gasteiger partial charge in [-0.3, -0.25) is 9.89 Å². The molecule has 0 spiro atoms. The van der Waals surface area contributed by atoms with Crippen molar-refractivity contribution >= 4 is 11.6 Å². The van der Waals surface area contributed by atoms with E-state index < -0.39 is 0 Å². The molecular formula is C17H26N6O. The van der Waals surface area contributed by atoms with Gasteiger partial charge in [0.05, 0.1) is 18.9 Å². The first-order valence-electron chi connectivity index (χ1n) is 8.52. The van der Waals surface area contributed by atoms with Crippen LogP contribution >= 0.6 is 0 Å². The zero-order valence-corrected chi connectivity index (χ0v) is 14.2. The van der Waals surface area contributed by atoms with E-state index in [2.05, 4.69) is 31.7 Å². The van der Waals surface area contributed by atoms with Gasteiger partial charge in [-0.2, -0.15) is 0 Å². The lowest BCUT2D eigenvalue weighted by Crippen LogP contribution is -2.44. The summed E-state index contributed by atoms with van der Waals surface area (Å²) in [5, 5.41) is 6.71. The molecule has 1 aliphatic heterocycles. The molecule has 0 amide bonds. The van der Waals surface area contributed by atoms with Crippen molar-refractivity contribution in [3.05, 3.63) is 36.3 Å². The molecule has 0 atom stereocenters. The van der Waals surface area contributed by atoms with Crippen molar-refractivity contribution in [1.29, 1.82) is 0 Å². The van der Waals surface area contributed by atoms with Crippen LogP contribution in [0.4, 0.5) is 0 Å². The van der Waals surface area contributed by atoms with Gasteiger partial charge in [0.15, 0.2) is 5.96 Å². The summed E-state index contributed by atoms with van der Waals surface area (Å²) in [6.07, 6.45) is 4.96. The van der Waals surface area contributed by atoms with Crippen molar-refractivity contribution in [2.45, 2.75) is 6.42 Å². The Balaban J connectivity index is 1.37. The third-order valence-electron chi connectivity index (χ3n) is 4.14. The highest BCUT2D eigenvalue weighted by molar-refractivity contribution is 5.79. The van der Waals surface area contributed by atoms with Crippen LogP contribution in [0.3, 0.4) is 0 Å². The highest BCUT2D eigenvalue weighted by atomic mass is 16.5. The maximum Gasteiger partial charge on any atom is 0.191 e. The molecule has 0 aromatic carbocycles. The Hall–Kier alpha value is -2.12. The van der Waals surface area contributed by atoms with E-state index in [1.54, 1.807) is 7.05 Å². The van der Waals surface area contributed by atoms with Crippen molar-refractivity contribution in [3.8, 4) is 0 Å². The number of aromatic nitrogens is 2. The summed E-state index contributed by atoms with van der Waals surface area (Å²) in [7, 11) is 1.80. The summed E-state index contributed by atoms with van der Waals surface area (Å²) < 4.78 is 7.41. The molecule has 1 aliphatic rings. The number of morpholine rings is 1. The number of hydrogen-bond acceptors (Lipinski definition) is 4. The second-order valence-electron chi connectivity index (χ2n) is 5.83. The highest BCUT2D eigenvalue weighted by Crippen LogP contribution is 2.04. The number of aliphatic imine (C=N–C) groups is 1. The first-order valence-corrected chi connectivity index (χ1v) is 8.52. The molecule has 3 heterocycles. The van der Waals surface area contributed by atoms with Crippen LogP contribution in [0.2, 0.25) is 0 Å². The van der Waals surface area contributed by atoms with Crippen LogP contribution in [0.1, 0.15) is 5.69 Å². The van der Waals surface area contributed by atoms with E-state index in [9.17, 15) is 0 Å². The lowest BCUT2D eigenvalue weighted by molar-refractivity contribution is 0.0389. The van der Waals surface area contributed by atoms with Gasteiger partial charge in [0.25, 0.3) is 0 Å². The van der Waals surface area contributed by atoms with E-state index in [1.807, 2.05) is 28.8 Å². The highest BCUT2D eigenvalue weighted by Gasteiger charge is 2.09. The van der Waals surface area contributed by atoms with Crippen LogP contribution in [0, 0.1) is 0 Å². The second kappa shape index (κ2) is 8.65. The topological polar surface area (TPSA) is 66.2 Å². The average Bonchev–Trinajstić information content (AvgIpc) is 3.04. The Morgan fingerprint density at radius 3 is 2.88 bits per heavy atom. The van der Waals surface area contributed by atoms with Crippen LogP contribution in [0.15, 0.2) is 35.6 Å². The van der Waals surface area contributed by atoms with E-state index in [-0.39, 0.29) is 0 Å². The zero-order valence-electron chi connectivity index (χ0n) is 14.2. The summed E-state index contributed by atoms with van der Waals surface area (Å²) in [5.74, 6) is 0.840. The normalized spacial score (nSPS) is 16.5. The lowest BCUT2D eigenvalue weighted by Gasteiger charge is -2.26. The molecule has 2 aromatic rings. The standard InChI is InChI=1S/C17H26N6O/c1-18-17(20-7-9-22-10-12-24-13-11-22)19-6-5-15-14-23-8-3-2-4-16(23)21-15/h2-4,8,14H,5-7,9-13H2,1H3,(H2,18,19,20). The summed E-state index contributed by atoms with van der Waals surface area (Å²) in [4.78, 5) is 11.3. The summed E-state index contributed by atoms with van der Waals surface area (Å²) in [6, 6.07) is 6.03. The Morgan fingerprint density at radius 2 is 2.08 bits per heavy atom. The minimum Gasteiger partial charge on any atom is -0.379 e. The predicted octanol–water partition coefficient (Wildman–Crippen LogP) is 0.374. The largest absolute Gasteiger partial charge is 0.379 e. The molecule has 1 fully saturated rings. The number of nitrogens with zero attached hydrogens (tertiary/aromatic N) is 4. The molecule has 7 heteroatoms. The summed E-state index contributed by atoms with van der Waals surface area (Å²) in [5.41, 5.74) is 2.07. The minimum atomic E-state index is 0.807. The molecule has 3 rings (SSSR count). The molecule has 2 N–H and O–H groups in total. The van der Waals surface area contributed by atoms with Gasteiger partial charge in [-0.15, -0.1) is 0 Å². The number of ether oxygens (including phenoxy) is 1. The number of pyridine rings is 1. The van der Waals surface area contributed by atoms with Gasteiger partial charge in [-0.1, -0.05) is 6.07 Å². The third kappa shape index (κ3) is 4.69. The van der Waals surface area contributed by atoms with Gasteiger partial charge >= 0.3 is 0 Å². The fourth-order valence-electron chi connectivity index (χ4n) is 2.79. The summed E-state index contributed by atoms with van der Waals surface area (Å²) in [6.45, 7) is 6.41. The number of hydrogen-bond donors (Lipinski definition) is 2. The molecule has 130 valence electrons. The van der Waals surface area contributed by atoms with Gasteiger partial charge in [0.2, 0.25) is 0 Å². The van der Waals surface area contributed by atoms with Gasteiger partial charge in [0, 0.05) is 58.6 Å². The molecule has 0 aliphatic carbocycles. The fraction of sp³-hybridized carbons (Fsp3) is 0.529. The Kier molecular flexibility index (Phi) is 6.03. The SMILES string of the molecule is CN=C(NCCc1cn2ccccc2n1)NCCN1CCOCC1. The van der Waals surface area contributed by atoms with E-state index in [1.165, 1.54) is 0 Å². The van der Waals surface area contributed by atoms with Crippen molar-refractivity contribution in [3.63, 3.8) is 0 Å². The average molecular weight is 330 g/mol. The molecule has 1 saturated heterocycles. The molecule has 2 aromatic heterocycles. The van der Waals surface area contributed by atoms with Gasteiger partial charge < -0.3 is 19.8 Å². The van der Waals surface area contributed by atoms with E-state index in [0.717, 1.165) is 69.7 Å². The number of nitrogens with one attached hydrogen (secondary N) is 2. The Bertz CT molecular complexity index is 629. The van der Waals surface area contributed by atoms with Crippen molar-refractivity contribution in [2.75, 3.05) is 53.0 Å². The quantitative estimate of drug-likeness (QED) is 0.592. The third-order valence-corrected chi connectivity index (χ3v) is 4.14. The number of guanidine groups is 1. The first kappa shape index (κ1) is 16.7. The van der Waals surface area contributed by atoms with Crippen LogP contribution in [0.25, 0.3) is 5.65 Å². The number of imidazole rings is 1. The summed E-state index contributed by atoms with van der Waals surface area (Å²) >= 11 is 0. The van der Waals surface area contributed by atoms with Crippen LogP contribution in [0.5, 0.6) is 0 Å². The van der Waals surface area contributed by atoms with Gasteiger partial charge in [-0.05, 0) is 12.1 Å². The smallest absolute Gasteiger partial charge is 0.191 e. The molecule has 0 unspecified atom stereocenters. The molecule has 7 nitrogen and oxygen atoms in total. The molecule has 0 saturated carbocycles. The Morgan fingerprint density at radius 1 is 1.25 bits per heavy atom. The van der Waals surface area contributed by atoms with Crippen LogP contribution in [-0.2, 0) is 11.2 Å². The zero-order chi connectivity index (χ0) is 16.6. The fourth-order valence-corrected chi connectivity index (χ4v) is 2.79. The van der Waals surface area contributed by atoms with Gasteiger partial charge in [-0.25, -0.2) is 4.98 Å². The van der Waals surface area contributed by atoms with Crippen molar-refractivity contribution < 1.29 is 4.74 Å². The maximum atomic E-state index is 5.36. The van der Waals surface area contributed by atoms with Crippen molar-refractivity contribution in [2.24, 2.45) is 4.99 Å². The van der Waals surface area contributed by atoms with Crippen LogP contribution < -0.4 is 10.6 Å². The first-order chi connectivity index (χ1) is 11.8. The minimum absolute atomic E-state index is 0.807. The Labute approximate surface area is 142 Å². The molecule has 0 radical (unpaired) electrons. The molecular weight excluding hydrogens is 304 g/mol. The van der Waals surface area contributed by atoms with Gasteiger partial charge in [0.1, 0.15) is 5.65 Å². The van der Waals surface area contributed by atoms with Crippen LogP contribution in [-0.4, -0.2) is 73.2 Å². The lowest BCUT2D eigenvalue weighted by atomic mass is 10.3. The van der Waals surface area contributed by atoms with E-state index in [4.69, 9.17) is 4.74 Å². The second-order valence-corrected chi connectivity index (χ2v) is 5.83. The van der Waals surface area contributed by atoms with E-state index >= 15 is 0 Å². The number of rotatable bonds is 6. The maximum absolute atomic E-state index is 5.36. The molecule has 0 bridgehead atoms. The molecule has 24 heavy (non-hydrogen) atoms. The van der Waals surface area contributed by atoms with Crippen molar-refractivity contribution in [1.82, 2.24) is 24.9 Å². The number of fused-ring (bicyclic) bond motifs is 1. The predicted molar refractivity (Wildman–Crippen MR) is 95.5 cm³/mol. The monoisotopic (exact) mass is 330 g/mol.